The first-order valence-corrected chi connectivity index (χ1v) is 7.27. The summed E-state index contributed by atoms with van der Waals surface area (Å²) in [6.45, 7) is 1.97. The third-order valence-electron chi connectivity index (χ3n) is 3.90. The number of nitrogens with zero attached hydrogens (tertiary/aromatic N) is 1. The molecule has 116 valence electrons. The Balaban J connectivity index is 2.28. The highest BCUT2D eigenvalue weighted by molar-refractivity contribution is 6.01. The van der Waals surface area contributed by atoms with Crippen molar-refractivity contribution in [3.05, 3.63) is 70.5 Å². The molecular weight excluding hydrogens is 290 g/mol. The van der Waals surface area contributed by atoms with E-state index in [-0.39, 0.29) is 0 Å². The number of hydrogen-bond donors (Lipinski definition) is 3. The van der Waals surface area contributed by atoms with Crippen molar-refractivity contribution in [3.63, 3.8) is 0 Å². The van der Waals surface area contributed by atoms with Gasteiger partial charge in [0.15, 0.2) is 0 Å². The second kappa shape index (κ2) is 5.96. The number of rotatable bonds is 4. The van der Waals surface area contributed by atoms with Crippen molar-refractivity contribution in [2.24, 2.45) is 5.18 Å². The van der Waals surface area contributed by atoms with Crippen LogP contribution < -0.4 is 5.32 Å². The summed E-state index contributed by atoms with van der Waals surface area (Å²) in [5.41, 5.74) is 4.82. The largest absolute Gasteiger partial charge is 0.515 e. The number of aromatic nitrogens is 1. The van der Waals surface area contributed by atoms with E-state index < -0.39 is 0 Å². The molecule has 0 saturated carbocycles. The molecule has 1 aromatic heterocycles. The highest BCUT2D eigenvalue weighted by Crippen LogP contribution is 2.39. The Morgan fingerprint density at radius 1 is 1.26 bits per heavy atom. The van der Waals surface area contributed by atoms with Crippen molar-refractivity contribution in [1.29, 1.82) is 0 Å². The summed E-state index contributed by atoms with van der Waals surface area (Å²) in [5, 5.41) is 16.8. The van der Waals surface area contributed by atoms with Gasteiger partial charge in [0.1, 0.15) is 5.69 Å². The molecule has 5 heteroatoms. The van der Waals surface area contributed by atoms with Crippen molar-refractivity contribution < 1.29 is 5.11 Å². The van der Waals surface area contributed by atoms with Gasteiger partial charge in [-0.3, -0.25) is 0 Å². The van der Waals surface area contributed by atoms with Crippen molar-refractivity contribution in [3.8, 4) is 0 Å². The van der Waals surface area contributed by atoms with E-state index in [0.29, 0.717) is 17.0 Å². The van der Waals surface area contributed by atoms with Gasteiger partial charge in [-0.1, -0.05) is 29.8 Å². The number of hydrogen-bond acceptors (Lipinski definition) is 4. The minimum atomic E-state index is 0.296. The molecule has 1 heterocycles. The number of anilines is 1. The Bertz CT molecular complexity index is 910. The van der Waals surface area contributed by atoms with Crippen molar-refractivity contribution in [2.45, 2.75) is 6.92 Å². The molecule has 0 aliphatic heterocycles. The predicted molar refractivity (Wildman–Crippen MR) is 94.2 cm³/mol. The summed E-state index contributed by atoms with van der Waals surface area (Å²) in [4.78, 5) is 14.6. The van der Waals surface area contributed by atoms with Gasteiger partial charge in [0.25, 0.3) is 0 Å². The molecule has 0 amide bonds. The van der Waals surface area contributed by atoms with Gasteiger partial charge in [0.05, 0.1) is 12.0 Å². The first-order valence-electron chi connectivity index (χ1n) is 7.27. The van der Waals surface area contributed by atoms with Crippen LogP contribution in [0.3, 0.4) is 0 Å². The van der Waals surface area contributed by atoms with E-state index in [1.54, 1.807) is 0 Å². The molecule has 3 rings (SSSR count). The number of aromatic amines is 1. The lowest BCUT2D eigenvalue weighted by Gasteiger charge is -2.12. The molecule has 0 radical (unpaired) electrons. The van der Waals surface area contributed by atoms with E-state index in [4.69, 9.17) is 0 Å². The summed E-state index contributed by atoms with van der Waals surface area (Å²) in [6, 6.07) is 13.3. The molecule has 0 spiro atoms. The van der Waals surface area contributed by atoms with E-state index in [1.807, 2.05) is 56.4 Å². The summed E-state index contributed by atoms with van der Waals surface area (Å²) < 4.78 is 0. The van der Waals surface area contributed by atoms with Gasteiger partial charge < -0.3 is 15.4 Å². The Labute approximate surface area is 133 Å². The third-order valence-corrected chi connectivity index (χ3v) is 3.90. The molecule has 0 aliphatic carbocycles. The Morgan fingerprint density at radius 2 is 2.04 bits per heavy atom. The van der Waals surface area contributed by atoms with E-state index >= 15 is 0 Å². The third kappa shape index (κ3) is 2.46. The zero-order valence-electron chi connectivity index (χ0n) is 12.9. The zero-order valence-corrected chi connectivity index (χ0v) is 12.9. The normalized spacial score (nSPS) is 11.7. The summed E-state index contributed by atoms with van der Waals surface area (Å²) in [6.07, 6.45) is 1.01. The van der Waals surface area contributed by atoms with Gasteiger partial charge >= 0.3 is 0 Å². The minimum absolute atomic E-state index is 0.296. The summed E-state index contributed by atoms with van der Waals surface area (Å²) in [7, 11) is 1.81. The fraction of sp³-hybridized carbons (Fsp3) is 0.111. The molecule has 0 bridgehead atoms. The zero-order chi connectivity index (χ0) is 16.4. The molecular formula is C18H17N3O2. The predicted octanol–water partition coefficient (Wildman–Crippen LogP) is 4.86. The van der Waals surface area contributed by atoms with Gasteiger partial charge in [0, 0.05) is 34.8 Å². The molecule has 5 nitrogen and oxygen atoms in total. The number of aryl methyl sites for hydroxylation is 1. The van der Waals surface area contributed by atoms with E-state index in [0.717, 1.165) is 34.0 Å². The van der Waals surface area contributed by atoms with Crippen LogP contribution in [-0.4, -0.2) is 17.1 Å². The van der Waals surface area contributed by atoms with Crippen molar-refractivity contribution in [1.82, 2.24) is 4.98 Å². The maximum Gasteiger partial charge on any atom is 0.141 e. The average Bonchev–Trinajstić information content (AvgIpc) is 2.94. The molecule has 0 saturated heterocycles. The van der Waals surface area contributed by atoms with Gasteiger partial charge in [-0.2, -0.15) is 0 Å². The number of para-hydroxylation sites is 1. The first kappa shape index (κ1) is 14.8. The molecule has 0 fully saturated rings. The van der Waals surface area contributed by atoms with Crippen LogP contribution in [0.4, 0.5) is 11.4 Å². The Hall–Kier alpha value is -3.08. The van der Waals surface area contributed by atoms with Gasteiger partial charge in [0.2, 0.25) is 0 Å². The molecule has 0 unspecified atom stereocenters. The fourth-order valence-corrected chi connectivity index (χ4v) is 2.78. The maximum absolute atomic E-state index is 11.4. The highest BCUT2D eigenvalue weighted by Gasteiger charge is 2.19. The molecule has 3 N–H and O–H groups in total. The molecule has 3 aromatic rings. The fourth-order valence-electron chi connectivity index (χ4n) is 2.78. The number of nitroso groups, excluding NO2 is 1. The van der Waals surface area contributed by atoms with Crippen LogP contribution in [-0.2, 0) is 0 Å². The van der Waals surface area contributed by atoms with Crippen molar-refractivity contribution in [2.75, 3.05) is 12.4 Å². The van der Waals surface area contributed by atoms with Crippen LogP contribution in [0.1, 0.15) is 16.8 Å². The topological polar surface area (TPSA) is 77.5 Å². The molecule has 0 atom stereocenters. The Morgan fingerprint density at radius 3 is 2.74 bits per heavy atom. The summed E-state index contributed by atoms with van der Waals surface area (Å²) in [5.74, 6) is 0. The van der Waals surface area contributed by atoms with Crippen LogP contribution in [0.5, 0.6) is 0 Å². The molecule has 2 aromatic carbocycles. The highest BCUT2D eigenvalue weighted by atomic mass is 16.3. The van der Waals surface area contributed by atoms with E-state index in [9.17, 15) is 10.0 Å². The number of nitrogens with one attached hydrogen (secondary N) is 2. The smallest absolute Gasteiger partial charge is 0.141 e. The number of aliphatic hydroxyl groups excluding tert-OH is 1. The van der Waals surface area contributed by atoms with Gasteiger partial charge in [-0.15, -0.1) is 4.91 Å². The Kier molecular flexibility index (Phi) is 3.85. The summed E-state index contributed by atoms with van der Waals surface area (Å²) >= 11 is 0. The monoisotopic (exact) mass is 307 g/mol. The van der Waals surface area contributed by atoms with Gasteiger partial charge in [-0.25, -0.2) is 0 Å². The number of aliphatic hydroxyl groups is 1. The van der Waals surface area contributed by atoms with Gasteiger partial charge in [-0.05, 0) is 30.3 Å². The maximum atomic E-state index is 11.4. The lowest BCUT2D eigenvalue weighted by Crippen LogP contribution is -1.98. The standard InChI is InChI=1S/C18H17N3O2/c1-11-7-8-15(19-2)13(9-11)14(10-22)17-18(21-23)12-5-3-4-6-16(12)20-17/h3-10,19-20,22H,1-2H3. The van der Waals surface area contributed by atoms with E-state index in [1.165, 1.54) is 0 Å². The van der Waals surface area contributed by atoms with Crippen molar-refractivity contribution >= 4 is 27.9 Å². The molecule has 23 heavy (non-hydrogen) atoms. The molecule has 0 aliphatic rings. The lowest BCUT2D eigenvalue weighted by molar-refractivity contribution is 0.476. The second-order valence-electron chi connectivity index (χ2n) is 5.33. The number of fused-ring (bicyclic) bond motifs is 1. The second-order valence-corrected chi connectivity index (χ2v) is 5.33. The van der Waals surface area contributed by atoms with Crippen LogP contribution in [0.15, 0.2) is 53.9 Å². The SMILES string of the molecule is CNc1ccc(C)cc1C(=CO)c1[nH]c2ccccc2c1N=O. The van der Waals surface area contributed by atoms with Crippen LogP contribution in [0, 0.1) is 11.8 Å². The van der Waals surface area contributed by atoms with E-state index in [2.05, 4.69) is 15.5 Å². The quantitative estimate of drug-likeness (QED) is 0.475. The average molecular weight is 307 g/mol. The van der Waals surface area contributed by atoms with Crippen LogP contribution in [0.2, 0.25) is 0 Å². The minimum Gasteiger partial charge on any atom is -0.515 e. The number of benzene rings is 2. The first-order chi connectivity index (χ1) is 11.2. The lowest BCUT2D eigenvalue weighted by atomic mass is 9.99. The van der Waals surface area contributed by atoms with Crippen LogP contribution >= 0.6 is 0 Å². The van der Waals surface area contributed by atoms with Crippen LogP contribution in [0.25, 0.3) is 16.5 Å². The number of H-pyrrole nitrogens is 1.